The molecule has 0 saturated heterocycles. The molecule has 188 valence electrons. The van der Waals surface area contributed by atoms with Gasteiger partial charge in [0.05, 0.1) is 10.6 Å². The van der Waals surface area contributed by atoms with E-state index in [1.54, 1.807) is 6.07 Å². The van der Waals surface area contributed by atoms with Crippen LogP contribution in [0.25, 0.3) is 0 Å². The van der Waals surface area contributed by atoms with Crippen molar-refractivity contribution in [3.63, 3.8) is 0 Å². The number of para-hydroxylation sites is 1. The molecule has 0 spiro atoms. The molecule has 0 radical (unpaired) electrons. The van der Waals surface area contributed by atoms with Gasteiger partial charge in [-0.2, -0.15) is 5.10 Å². The van der Waals surface area contributed by atoms with Crippen molar-refractivity contribution in [2.75, 3.05) is 25.0 Å². The predicted octanol–water partition coefficient (Wildman–Crippen LogP) is 3.33. The van der Waals surface area contributed by atoms with Gasteiger partial charge in [0.25, 0.3) is 0 Å². The lowest BCUT2D eigenvalue weighted by Gasteiger charge is -2.28. The van der Waals surface area contributed by atoms with E-state index in [1.165, 1.54) is 12.1 Å². The van der Waals surface area contributed by atoms with Crippen LogP contribution in [0.2, 0.25) is 5.02 Å². The highest BCUT2D eigenvalue weighted by molar-refractivity contribution is 6.32. The van der Waals surface area contributed by atoms with E-state index in [-0.39, 0.29) is 47.0 Å². The highest BCUT2D eigenvalue weighted by atomic mass is 35.5. The number of aliphatic hydroxyl groups excluding tert-OH is 1. The van der Waals surface area contributed by atoms with E-state index in [1.807, 2.05) is 45.0 Å². The summed E-state index contributed by atoms with van der Waals surface area (Å²) in [4.78, 5) is 22.0. The van der Waals surface area contributed by atoms with Crippen LogP contribution in [0, 0.1) is 16.0 Å². The Balaban J connectivity index is 1.47. The van der Waals surface area contributed by atoms with E-state index in [4.69, 9.17) is 16.3 Å². The molecule has 2 aromatic carbocycles. The van der Waals surface area contributed by atoms with E-state index >= 15 is 0 Å². The fraction of sp³-hybridized carbons (Fsp3) is 0.417. The first-order valence-corrected chi connectivity index (χ1v) is 11.6. The van der Waals surface area contributed by atoms with Gasteiger partial charge in [-0.15, -0.1) is 0 Å². The van der Waals surface area contributed by atoms with Crippen molar-refractivity contribution >= 4 is 34.6 Å². The van der Waals surface area contributed by atoms with Crippen molar-refractivity contribution in [2.24, 2.45) is 11.0 Å². The van der Waals surface area contributed by atoms with Crippen molar-refractivity contribution in [3.8, 4) is 5.75 Å². The SMILES string of the molecule is CC1CC(=O)NN=C1c1ccc(NCC(C)(C)NCC(O)COc2cccc(Cl)c2[N+](=O)[O-])cc1. The Morgan fingerprint density at radius 1 is 1.31 bits per heavy atom. The van der Waals surface area contributed by atoms with Gasteiger partial charge in [-0.05, 0) is 43.7 Å². The van der Waals surface area contributed by atoms with Gasteiger partial charge in [0, 0.05) is 36.7 Å². The Labute approximate surface area is 208 Å². The number of nitro groups is 1. The molecular formula is C24H30ClN5O5. The molecule has 2 aromatic rings. The Kier molecular flexibility index (Phi) is 8.66. The van der Waals surface area contributed by atoms with Gasteiger partial charge in [0.2, 0.25) is 5.91 Å². The zero-order valence-electron chi connectivity index (χ0n) is 19.9. The van der Waals surface area contributed by atoms with Gasteiger partial charge in [0.15, 0.2) is 5.75 Å². The Hall–Kier alpha value is -3.21. The summed E-state index contributed by atoms with van der Waals surface area (Å²) in [6, 6.07) is 12.3. The molecule has 10 nitrogen and oxygen atoms in total. The standard InChI is InChI=1S/C24H30ClN5O5/c1-15-11-21(32)28-29-22(15)16-7-9-17(10-8-16)26-14-24(2,3)27-12-18(31)13-35-20-6-4-5-19(25)23(20)30(33)34/h4-10,15,18,26-27,31H,11-14H2,1-3H3,(H,28,32). The highest BCUT2D eigenvalue weighted by Crippen LogP contribution is 2.34. The maximum atomic E-state index is 11.4. The molecule has 2 atom stereocenters. The minimum Gasteiger partial charge on any atom is -0.484 e. The zero-order chi connectivity index (χ0) is 25.6. The molecule has 11 heteroatoms. The fourth-order valence-electron chi connectivity index (χ4n) is 3.57. The first-order valence-electron chi connectivity index (χ1n) is 11.3. The first-order chi connectivity index (χ1) is 16.6. The lowest BCUT2D eigenvalue weighted by atomic mass is 9.94. The van der Waals surface area contributed by atoms with Crippen LogP contribution in [0.5, 0.6) is 5.75 Å². The molecule has 1 aliphatic rings. The number of aliphatic hydroxyl groups is 1. The largest absolute Gasteiger partial charge is 0.484 e. The number of hydrazone groups is 1. The third-order valence-corrected chi connectivity index (χ3v) is 5.86. The van der Waals surface area contributed by atoms with Crippen LogP contribution in [-0.4, -0.2) is 53.0 Å². The summed E-state index contributed by atoms with van der Waals surface area (Å²) in [6.07, 6.45) is -0.461. The Bertz CT molecular complexity index is 1090. The fourth-order valence-corrected chi connectivity index (χ4v) is 3.81. The molecule has 4 N–H and O–H groups in total. The molecule has 1 heterocycles. The van der Waals surface area contributed by atoms with E-state index in [0.717, 1.165) is 17.0 Å². The summed E-state index contributed by atoms with van der Waals surface area (Å²) in [6.45, 7) is 6.64. The van der Waals surface area contributed by atoms with Gasteiger partial charge >= 0.3 is 5.69 Å². The van der Waals surface area contributed by atoms with Crippen LogP contribution in [0.1, 0.15) is 32.8 Å². The smallest absolute Gasteiger partial charge is 0.329 e. The average molecular weight is 504 g/mol. The van der Waals surface area contributed by atoms with E-state index < -0.39 is 11.0 Å². The lowest BCUT2D eigenvalue weighted by Crippen LogP contribution is -2.49. The predicted molar refractivity (Wildman–Crippen MR) is 135 cm³/mol. The molecule has 0 aromatic heterocycles. The second-order valence-electron chi connectivity index (χ2n) is 9.14. The van der Waals surface area contributed by atoms with Gasteiger partial charge < -0.3 is 20.5 Å². The number of carbonyl (C=O) groups is 1. The second kappa shape index (κ2) is 11.5. The third kappa shape index (κ3) is 7.38. The minimum absolute atomic E-state index is 0.0156. The quantitative estimate of drug-likeness (QED) is 0.272. The number of hydrogen-bond donors (Lipinski definition) is 4. The molecule has 3 rings (SSSR count). The number of amides is 1. The van der Waals surface area contributed by atoms with E-state index in [0.29, 0.717) is 13.0 Å². The number of nitrogens with zero attached hydrogens (tertiary/aromatic N) is 2. The van der Waals surface area contributed by atoms with Crippen LogP contribution >= 0.6 is 11.6 Å². The van der Waals surface area contributed by atoms with Crippen LogP contribution in [0.15, 0.2) is 47.6 Å². The number of carbonyl (C=O) groups excluding carboxylic acids is 1. The number of hydrogen-bond acceptors (Lipinski definition) is 8. The molecule has 0 aliphatic carbocycles. The van der Waals surface area contributed by atoms with Crippen molar-refractivity contribution in [3.05, 3.63) is 63.2 Å². The van der Waals surface area contributed by atoms with Gasteiger partial charge in [-0.25, -0.2) is 5.43 Å². The van der Waals surface area contributed by atoms with Crippen molar-refractivity contribution in [2.45, 2.75) is 38.8 Å². The monoisotopic (exact) mass is 503 g/mol. The van der Waals surface area contributed by atoms with Crippen molar-refractivity contribution in [1.82, 2.24) is 10.7 Å². The number of rotatable bonds is 11. The number of benzene rings is 2. The Morgan fingerprint density at radius 3 is 2.69 bits per heavy atom. The highest BCUT2D eigenvalue weighted by Gasteiger charge is 2.23. The number of ether oxygens (including phenoxy) is 1. The summed E-state index contributed by atoms with van der Waals surface area (Å²) >= 11 is 5.88. The first kappa shape index (κ1) is 26.4. The molecule has 1 aliphatic heterocycles. The molecule has 0 fully saturated rings. The minimum atomic E-state index is -0.883. The summed E-state index contributed by atoms with van der Waals surface area (Å²) in [7, 11) is 0. The maximum Gasteiger partial charge on any atom is 0.329 e. The number of β-amino-alcohol motifs (C(OH)–C–C–N with tert-alkyl or cyclic N) is 1. The molecule has 35 heavy (non-hydrogen) atoms. The van der Waals surface area contributed by atoms with Gasteiger partial charge in [0.1, 0.15) is 17.7 Å². The number of anilines is 1. The van der Waals surface area contributed by atoms with Crippen LogP contribution < -0.4 is 20.8 Å². The maximum absolute atomic E-state index is 11.4. The molecule has 2 unspecified atom stereocenters. The van der Waals surface area contributed by atoms with Crippen LogP contribution in [-0.2, 0) is 4.79 Å². The Morgan fingerprint density at radius 2 is 2.03 bits per heavy atom. The number of halogens is 1. The topological polar surface area (TPSA) is 138 Å². The zero-order valence-corrected chi connectivity index (χ0v) is 20.6. The molecule has 0 saturated carbocycles. The van der Waals surface area contributed by atoms with Crippen LogP contribution in [0.4, 0.5) is 11.4 Å². The van der Waals surface area contributed by atoms with Gasteiger partial charge in [-0.1, -0.05) is 36.7 Å². The molecule has 1 amide bonds. The average Bonchev–Trinajstić information content (AvgIpc) is 2.80. The summed E-state index contributed by atoms with van der Waals surface area (Å²) < 4.78 is 5.45. The normalized spacial score (nSPS) is 16.8. The summed E-state index contributed by atoms with van der Waals surface area (Å²) in [5.41, 5.74) is 4.59. The van der Waals surface area contributed by atoms with Crippen LogP contribution in [0.3, 0.4) is 0 Å². The number of nitro benzene ring substituents is 1. The summed E-state index contributed by atoms with van der Waals surface area (Å²) in [5.74, 6) is 0.00438. The lowest BCUT2D eigenvalue weighted by molar-refractivity contribution is -0.385. The second-order valence-corrected chi connectivity index (χ2v) is 9.55. The number of nitrogens with one attached hydrogen (secondary N) is 3. The van der Waals surface area contributed by atoms with E-state index in [2.05, 4.69) is 21.2 Å². The third-order valence-electron chi connectivity index (χ3n) is 5.55. The summed E-state index contributed by atoms with van der Waals surface area (Å²) in [5, 5.41) is 32.3. The van der Waals surface area contributed by atoms with E-state index in [9.17, 15) is 20.0 Å². The van der Waals surface area contributed by atoms with Crippen molar-refractivity contribution < 1.29 is 19.6 Å². The van der Waals surface area contributed by atoms with Crippen molar-refractivity contribution in [1.29, 1.82) is 0 Å². The van der Waals surface area contributed by atoms with Gasteiger partial charge in [-0.3, -0.25) is 14.9 Å². The molecule has 0 bridgehead atoms. The molecular weight excluding hydrogens is 474 g/mol.